The lowest BCUT2D eigenvalue weighted by molar-refractivity contribution is -0.276. The third-order valence-corrected chi connectivity index (χ3v) is 8.01. The van der Waals surface area contributed by atoms with Crippen molar-refractivity contribution in [1.82, 2.24) is 4.90 Å². The van der Waals surface area contributed by atoms with E-state index in [9.17, 15) is 9.90 Å². The number of nitrogens with zero attached hydrogens (tertiary/aromatic N) is 1. The quantitative estimate of drug-likeness (QED) is 0.237. The molecule has 2 N–H and O–H groups in total. The molecular formula is C35H38N2O4. The molecule has 4 aromatic carbocycles. The van der Waals surface area contributed by atoms with Crippen LogP contribution in [0.25, 0.3) is 0 Å². The Hall–Kier alpha value is -3.81. The molecule has 5 atom stereocenters. The Morgan fingerprint density at radius 3 is 2.10 bits per heavy atom. The molecule has 0 aromatic heterocycles. The van der Waals surface area contributed by atoms with Crippen LogP contribution >= 0.6 is 0 Å². The number of aliphatic hydroxyl groups is 1. The molecule has 1 aliphatic rings. The number of ether oxygens (including phenoxy) is 2. The van der Waals surface area contributed by atoms with Crippen LogP contribution in [0.15, 0.2) is 109 Å². The van der Waals surface area contributed by atoms with E-state index in [1.807, 2.05) is 72.8 Å². The third kappa shape index (κ3) is 6.92. The van der Waals surface area contributed by atoms with Gasteiger partial charge in [0.15, 0.2) is 6.29 Å². The Kier molecular flexibility index (Phi) is 9.27. The van der Waals surface area contributed by atoms with Crippen LogP contribution in [0.2, 0.25) is 0 Å². The first-order valence-corrected chi connectivity index (χ1v) is 14.1. The molecule has 6 heteroatoms. The van der Waals surface area contributed by atoms with E-state index >= 15 is 0 Å². The number of carbonyl (C=O) groups is 1. The van der Waals surface area contributed by atoms with E-state index in [2.05, 4.69) is 55.4 Å². The van der Waals surface area contributed by atoms with Gasteiger partial charge in [0, 0.05) is 35.3 Å². The molecule has 0 spiro atoms. The van der Waals surface area contributed by atoms with Crippen LogP contribution in [0.1, 0.15) is 64.9 Å². The Balaban J connectivity index is 1.36. The van der Waals surface area contributed by atoms with Gasteiger partial charge in [-0.3, -0.25) is 9.69 Å². The van der Waals surface area contributed by atoms with Gasteiger partial charge < -0.3 is 19.9 Å². The number of amides is 1. The minimum Gasteiger partial charge on any atom is -0.392 e. The summed E-state index contributed by atoms with van der Waals surface area (Å²) in [4.78, 5) is 14.9. The zero-order chi connectivity index (χ0) is 28.8. The van der Waals surface area contributed by atoms with Gasteiger partial charge in [0.25, 0.3) is 5.91 Å². The van der Waals surface area contributed by atoms with Crippen molar-refractivity contribution in [3.63, 3.8) is 0 Å². The molecule has 212 valence electrons. The normalized spacial score (nSPS) is 21.4. The van der Waals surface area contributed by atoms with E-state index in [-0.39, 0.29) is 36.7 Å². The lowest BCUT2D eigenvalue weighted by Crippen LogP contribution is -2.44. The van der Waals surface area contributed by atoms with Crippen molar-refractivity contribution >= 4 is 11.6 Å². The molecule has 1 aliphatic heterocycles. The van der Waals surface area contributed by atoms with Gasteiger partial charge in [-0.05, 0) is 54.9 Å². The summed E-state index contributed by atoms with van der Waals surface area (Å²) in [6, 6.07) is 35.5. The molecule has 1 fully saturated rings. The summed E-state index contributed by atoms with van der Waals surface area (Å²) in [7, 11) is 2.13. The van der Waals surface area contributed by atoms with E-state index < -0.39 is 6.29 Å². The van der Waals surface area contributed by atoms with Gasteiger partial charge >= 0.3 is 0 Å². The molecule has 5 rings (SSSR count). The van der Waals surface area contributed by atoms with Crippen molar-refractivity contribution in [2.45, 2.75) is 45.0 Å². The van der Waals surface area contributed by atoms with Crippen molar-refractivity contribution < 1.29 is 19.4 Å². The fraction of sp³-hybridized carbons (Fsp3) is 0.286. The molecular weight excluding hydrogens is 512 g/mol. The summed E-state index contributed by atoms with van der Waals surface area (Å²) < 4.78 is 13.2. The lowest BCUT2D eigenvalue weighted by atomic mass is 9.89. The maximum atomic E-state index is 12.6. The zero-order valence-electron chi connectivity index (χ0n) is 23.8. The summed E-state index contributed by atoms with van der Waals surface area (Å²) in [6.45, 7) is 5.12. The van der Waals surface area contributed by atoms with Gasteiger partial charge in [0.05, 0.1) is 18.8 Å². The van der Waals surface area contributed by atoms with E-state index in [1.165, 1.54) is 5.56 Å². The minimum absolute atomic E-state index is 0.00501. The molecule has 0 bridgehead atoms. The maximum absolute atomic E-state index is 12.6. The second-order valence-corrected chi connectivity index (χ2v) is 10.8. The monoisotopic (exact) mass is 550 g/mol. The SMILES string of the molecule is C[C@H]1[C@@H](CN(C)[C@@H](C)c2ccccc2)O[C@@H](c2ccc(NC(=O)c3ccccc3)cc2)O[C@H]1c1ccc(CO)cc1. The van der Waals surface area contributed by atoms with Crippen LogP contribution in [0.3, 0.4) is 0 Å². The van der Waals surface area contributed by atoms with Crippen molar-refractivity contribution in [2.24, 2.45) is 5.92 Å². The predicted octanol–water partition coefficient (Wildman–Crippen LogP) is 6.92. The first kappa shape index (κ1) is 28.7. The Morgan fingerprint density at radius 2 is 1.46 bits per heavy atom. The highest BCUT2D eigenvalue weighted by molar-refractivity contribution is 6.04. The Morgan fingerprint density at radius 1 is 0.854 bits per heavy atom. The first-order chi connectivity index (χ1) is 19.9. The van der Waals surface area contributed by atoms with Crippen LogP contribution in [0, 0.1) is 5.92 Å². The number of hydrogen-bond acceptors (Lipinski definition) is 5. The number of anilines is 1. The standard InChI is InChI=1S/C35H38N2O4/c1-24-32(22-37(3)25(2)27-10-6-4-7-11-27)40-35(41-33(24)28-16-14-26(23-38)15-17-28)30-18-20-31(21-19-30)36-34(39)29-12-8-5-9-13-29/h4-21,24-25,32-33,35,38H,22-23H2,1-3H3,(H,36,39)/t24-,25-,32+,33+,35+/m0/s1. The number of carbonyl (C=O) groups excluding carboxylic acids is 1. The van der Waals surface area contributed by atoms with Gasteiger partial charge in [-0.1, -0.05) is 91.9 Å². The van der Waals surface area contributed by atoms with Crippen molar-refractivity contribution in [3.8, 4) is 0 Å². The Bertz CT molecular complexity index is 1390. The molecule has 1 saturated heterocycles. The predicted molar refractivity (Wildman–Crippen MR) is 161 cm³/mol. The summed E-state index contributed by atoms with van der Waals surface area (Å²) in [5, 5.41) is 12.5. The Labute approximate surface area is 242 Å². The molecule has 1 heterocycles. The highest BCUT2D eigenvalue weighted by Gasteiger charge is 2.39. The average molecular weight is 551 g/mol. The average Bonchev–Trinajstić information content (AvgIpc) is 3.03. The van der Waals surface area contributed by atoms with E-state index in [0.29, 0.717) is 11.3 Å². The summed E-state index contributed by atoms with van der Waals surface area (Å²) in [5.74, 6) is -0.0690. The number of likely N-dealkylation sites (N-methyl/N-ethyl adjacent to an activating group) is 1. The highest BCUT2D eigenvalue weighted by Crippen LogP contribution is 2.42. The molecule has 6 nitrogen and oxygen atoms in total. The number of nitrogens with one attached hydrogen (secondary N) is 1. The van der Waals surface area contributed by atoms with Crippen LogP contribution < -0.4 is 5.32 Å². The topological polar surface area (TPSA) is 71.0 Å². The van der Waals surface area contributed by atoms with E-state index in [1.54, 1.807) is 12.1 Å². The number of hydrogen-bond donors (Lipinski definition) is 2. The molecule has 0 unspecified atom stereocenters. The number of benzene rings is 4. The summed E-state index contributed by atoms with van der Waals surface area (Å²) >= 11 is 0. The number of aliphatic hydroxyl groups excluding tert-OH is 1. The molecule has 4 aromatic rings. The largest absolute Gasteiger partial charge is 0.392 e. The molecule has 1 amide bonds. The second kappa shape index (κ2) is 13.2. The summed E-state index contributed by atoms with van der Waals surface area (Å²) in [5.41, 5.74) is 5.38. The van der Waals surface area contributed by atoms with Gasteiger partial charge in [-0.2, -0.15) is 0 Å². The lowest BCUT2D eigenvalue weighted by Gasteiger charge is -2.43. The van der Waals surface area contributed by atoms with Crippen molar-refractivity contribution in [1.29, 1.82) is 0 Å². The molecule has 0 aliphatic carbocycles. The zero-order valence-corrected chi connectivity index (χ0v) is 23.8. The van der Waals surface area contributed by atoms with Crippen LogP contribution in [-0.2, 0) is 16.1 Å². The van der Waals surface area contributed by atoms with Crippen LogP contribution in [-0.4, -0.2) is 35.6 Å². The second-order valence-electron chi connectivity index (χ2n) is 10.8. The van der Waals surface area contributed by atoms with Crippen molar-refractivity contribution in [3.05, 3.63) is 137 Å². The molecule has 41 heavy (non-hydrogen) atoms. The van der Waals surface area contributed by atoms with E-state index in [4.69, 9.17) is 9.47 Å². The van der Waals surface area contributed by atoms with Crippen molar-refractivity contribution in [2.75, 3.05) is 18.9 Å². The van der Waals surface area contributed by atoms with Gasteiger partial charge in [0.1, 0.15) is 0 Å². The van der Waals surface area contributed by atoms with Crippen LogP contribution in [0.5, 0.6) is 0 Å². The minimum atomic E-state index is -0.571. The summed E-state index contributed by atoms with van der Waals surface area (Å²) in [6.07, 6.45) is -0.854. The fourth-order valence-electron chi connectivity index (χ4n) is 5.27. The first-order valence-electron chi connectivity index (χ1n) is 14.1. The fourth-order valence-corrected chi connectivity index (χ4v) is 5.27. The van der Waals surface area contributed by atoms with Gasteiger partial charge in [0.2, 0.25) is 0 Å². The van der Waals surface area contributed by atoms with Crippen LogP contribution in [0.4, 0.5) is 5.69 Å². The van der Waals surface area contributed by atoms with Gasteiger partial charge in [-0.25, -0.2) is 0 Å². The number of rotatable bonds is 9. The third-order valence-electron chi connectivity index (χ3n) is 8.01. The van der Waals surface area contributed by atoms with Gasteiger partial charge in [-0.15, -0.1) is 0 Å². The highest BCUT2D eigenvalue weighted by atomic mass is 16.7. The maximum Gasteiger partial charge on any atom is 0.255 e. The molecule has 0 saturated carbocycles. The van der Waals surface area contributed by atoms with E-state index in [0.717, 1.165) is 23.2 Å². The smallest absolute Gasteiger partial charge is 0.255 e. The molecule has 0 radical (unpaired) electrons.